The van der Waals surface area contributed by atoms with Crippen LogP contribution < -0.4 is 0 Å². The van der Waals surface area contributed by atoms with E-state index in [4.69, 9.17) is 23.7 Å². The molecule has 5 aromatic carbocycles. The Morgan fingerprint density at radius 1 is 0.467 bits per heavy atom. The molecular formula is C39H40O6. The highest BCUT2D eigenvalue weighted by molar-refractivity contribution is 5.82. The average molecular weight is 605 g/mol. The summed E-state index contributed by atoms with van der Waals surface area (Å²) in [6.45, 7) is 1.99. The molecule has 0 amide bonds. The van der Waals surface area contributed by atoms with Gasteiger partial charge in [-0.2, -0.15) is 0 Å². The van der Waals surface area contributed by atoms with E-state index in [2.05, 4.69) is 30.3 Å². The first-order valence-corrected chi connectivity index (χ1v) is 15.5. The van der Waals surface area contributed by atoms with E-state index >= 15 is 0 Å². The SMILES string of the molecule is OC1C(OCc2ccccc2)[C@@H](COCc2ccc3ccccc3c2)OC(COCc2ccccc2)[C@H]1OCc1ccccc1. The van der Waals surface area contributed by atoms with E-state index in [1.807, 2.05) is 103 Å². The molecule has 1 saturated heterocycles. The Bertz CT molecular complexity index is 1580. The Hall–Kier alpha value is -3.88. The highest BCUT2D eigenvalue weighted by Gasteiger charge is 2.47. The Morgan fingerprint density at radius 2 is 0.911 bits per heavy atom. The zero-order valence-electron chi connectivity index (χ0n) is 25.3. The molecule has 232 valence electrons. The maximum Gasteiger partial charge on any atom is 0.115 e. The molecule has 0 radical (unpaired) electrons. The third-order valence-electron chi connectivity index (χ3n) is 8.08. The van der Waals surface area contributed by atoms with Crippen molar-refractivity contribution in [2.24, 2.45) is 0 Å². The zero-order chi connectivity index (χ0) is 30.7. The molecule has 0 aliphatic carbocycles. The van der Waals surface area contributed by atoms with Crippen LogP contribution in [0.5, 0.6) is 0 Å². The molecular weight excluding hydrogens is 564 g/mol. The summed E-state index contributed by atoms with van der Waals surface area (Å²) in [6, 6.07) is 44.5. The Kier molecular flexibility index (Phi) is 11.0. The molecule has 5 aromatic rings. The molecule has 1 N–H and O–H groups in total. The lowest BCUT2D eigenvalue weighted by molar-refractivity contribution is -0.268. The first kappa shape index (κ1) is 31.1. The van der Waals surface area contributed by atoms with Gasteiger partial charge in [-0.15, -0.1) is 0 Å². The van der Waals surface area contributed by atoms with E-state index in [1.54, 1.807) is 0 Å². The highest BCUT2D eigenvalue weighted by atomic mass is 16.6. The monoisotopic (exact) mass is 604 g/mol. The molecule has 6 heteroatoms. The molecule has 6 rings (SSSR count). The van der Waals surface area contributed by atoms with Gasteiger partial charge in [0, 0.05) is 0 Å². The van der Waals surface area contributed by atoms with E-state index in [0.29, 0.717) is 26.4 Å². The number of hydrogen-bond donors (Lipinski definition) is 1. The maximum absolute atomic E-state index is 11.8. The molecule has 6 nitrogen and oxygen atoms in total. The topological polar surface area (TPSA) is 66.4 Å². The summed E-state index contributed by atoms with van der Waals surface area (Å²) >= 11 is 0. The molecule has 1 fully saturated rings. The van der Waals surface area contributed by atoms with Gasteiger partial charge in [-0.25, -0.2) is 0 Å². The summed E-state index contributed by atoms with van der Waals surface area (Å²) in [5.41, 5.74) is 4.15. The standard InChI is InChI=1S/C39H40O6/c40-37-38(43-25-30-14-6-2-7-15-30)35(27-41-23-29-12-4-1-5-13-29)45-36(39(37)44-26-31-16-8-3-9-17-31)28-42-24-32-20-21-33-18-10-11-19-34(33)22-32/h1-22,35-40H,23-28H2/t35?,36-,37?,38-,39?/m1/s1. The smallest absolute Gasteiger partial charge is 0.115 e. The van der Waals surface area contributed by atoms with Crippen molar-refractivity contribution in [3.8, 4) is 0 Å². The molecule has 45 heavy (non-hydrogen) atoms. The minimum absolute atomic E-state index is 0.240. The van der Waals surface area contributed by atoms with Crippen molar-refractivity contribution >= 4 is 10.8 Å². The second-order valence-electron chi connectivity index (χ2n) is 11.4. The van der Waals surface area contributed by atoms with Gasteiger partial charge in [0.25, 0.3) is 0 Å². The Labute approximate surface area is 265 Å². The van der Waals surface area contributed by atoms with E-state index in [-0.39, 0.29) is 13.2 Å². The zero-order valence-corrected chi connectivity index (χ0v) is 25.3. The lowest BCUT2D eigenvalue weighted by Gasteiger charge is -2.44. The lowest BCUT2D eigenvalue weighted by Crippen LogP contribution is -2.61. The van der Waals surface area contributed by atoms with Crippen molar-refractivity contribution in [3.05, 3.63) is 156 Å². The summed E-state index contributed by atoms with van der Waals surface area (Å²) in [6.07, 6.45) is -3.37. The van der Waals surface area contributed by atoms with E-state index < -0.39 is 30.5 Å². The predicted molar refractivity (Wildman–Crippen MR) is 174 cm³/mol. The molecule has 0 saturated carbocycles. The Morgan fingerprint density at radius 3 is 1.44 bits per heavy atom. The average Bonchev–Trinajstić information content (AvgIpc) is 3.09. The minimum atomic E-state index is -0.967. The highest BCUT2D eigenvalue weighted by Crippen LogP contribution is 2.29. The number of hydrogen-bond acceptors (Lipinski definition) is 6. The Balaban J connectivity index is 1.18. The molecule has 1 heterocycles. The van der Waals surface area contributed by atoms with Gasteiger partial charge >= 0.3 is 0 Å². The number of rotatable bonds is 14. The van der Waals surface area contributed by atoms with Crippen molar-refractivity contribution < 1.29 is 28.8 Å². The van der Waals surface area contributed by atoms with Crippen molar-refractivity contribution in [3.63, 3.8) is 0 Å². The molecule has 1 aliphatic heterocycles. The number of aliphatic hydroxyl groups excluding tert-OH is 1. The van der Waals surface area contributed by atoms with Gasteiger partial charge in [-0.05, 0) is 39.1 Å². The minimum Gasteiger partial charge on any atom is -0.387 e. The van der Waals surface area contributed by atoms with Crippen LogP contribution in [0.1, 0.15) is 22.3 Å². The quantitative estimate of drug-likeness (QED) is 0.149. The molecule has 1 aliphatic rings. The summed E-state index contributed by atoms with van der Waals surface area (Å²) in [5, 5.41) is 14.2. The van der Waals surface area contributed by atoms with Gasteiger partial charge < -0.3 is 28.8 Å². The predicted octanol–water partition coefficient (Wildman–Crippen LogP) is 6.87. The van der Waals surface area contributed by atoms with E-state index in [1.165, 1.54) is 10.8 Å². The summed E-state index contributed by atoms with van der Waals surface area (Å²) in [4.78, 5) is 0. The lowest BCUT2D eigenvalue weighted by atomic mass is 9.94. The van der Waals surface area contributed by atoms with Crippen molar-refractivity contribution in [2.75, 3.05) is 13.2 Å². The van der Waals surface area contributed by atoms with Gasteiger partial charge in [0.2, 0.25) is 0 Å². The molecule has 0 aromatic heterocycles. The fourth-order valence-corrected chi connectivity index (χ4v) is 5.71. The first-order chi connectivity index (χ1) is 22.2. The fraction of sp³-hybridized carbons (Fsp3) is 0.282. The van der Waals surface area contributed by atoms with E-state index in [0.717, 1.165) is 22.3 Å². The first-order valence-electron chi connectivity index (χ1n) is 15.5. The number of ether oxygens (including phenoxy) is 5. The van der Waals surface area contributed by atoms with Crippen LogP contribution in [-0.4, -0.2) is 48.8 Å². The van der Waals surface area contributed by atoms with Gasteiger partial charge in [0.1, 0.15) is 30.5 Å². The van der Waals surface area contributed by atoms with Gasteiger partial charge in [0.05, 0.1) is 39.6 Å². The van der Waals surface area contributed by atoms with Crippen LogP contribution in [0.3, 0.4) is 0 Å². The molecule has 3 unspecified atom stereocenters. The summed E-state index contributed by atoms with van der Waals surface area (Å²) in [5.74, 6) is 0. The maximum atomic E-state index is 11.8. The largest absolute Gasteiger partial charge is 0.387 e. The second kappa shape index (κ2) is 15.9. The normalized spacial score (nSPS) is 21.6. The van der Waals surface area contributed by atoms with Crippen molar-refractivity contribution in [1.82, 2.24) is 0 Å². The van der Waals surface area contributed by atoms with Crippen LogP contribution in [-0.2, 0) is 50.1 Å². The third kappa shape index (κ3) is 8.65. The summed E-state index contributed by atoms with van der Waals surface area (Å²) < 4.78 is 31.7. The van der Waals surface area contributed by atoms with Gasteiger partial charge in [-0.3, -0.25) is 0 Å². The van der Waals surface area contributed by atoms with Crippen LogP contribution in [0.2, 0.25) is 0 Å². The fourth-order valence-electron chi connectivity index (χ4n) is 5.71. The molecule has 5 atom stereocenters. The van der Waals surface area contributed by atoms with Crippen LogP contribution >= 0.6 is 0 Å². The summed E-state index contributed by atoms with van der Waals surface area (Å²) in [7, 11) is 0. The van der Waals surface area contributed by atoms with Crippen molar-refractivity contribution in [2.45, 2.75) is 56.9 Å². The number of aliphatic hydroxyl groups is 1. The van der Waals surface area contributed by atoms with Crippen LogP contribution in [0, 0.1) is 0 Å². The third-order valence-corrected chi connectivity index (χ3v) is 8.08. The van der Waals surface area contributed by atoms with Crippen LogP contribution in [0.15, 0.2) is 133 Å². The van der Waals surface area contributed by atoms with Gasteiger partial charge in [-0.1, -0.05) is 127 Å². The number of fused-ring (bicyclic) bond motifs is 1. The second-order valence-corrected chi connectivity index (χ2v) is 11.4. The van der Waals surface area contributed by atoms with Gasteiger partial charge in [0.15, 0.2) is 0 Å². The molecule has 0 bridgehead atoms. The van der Waals surface area contributed by atoms with Crippen LogP contribution in [0.25, 0.3) is 10.8 Å². The van der Waals surface area contributed by atoms with Crippen LogP contribution in [0.4, 0.5) is 0 Å². The van der Waals surface area contributed by atoms with Crippen molar-refractivity contribution in [1.29, 1.82) is 0 Å². The number of benzene rings is 5. The van der Waals surface area contributed by atoms with E-state index in [9.17, 15) is 5.11 Å². The molecule has 0 spiro atoms.